The molecule has 0 unspecified atom stereocenters. The molecule has 0 saturated carbocycles. The number of hydrogen-bond acceptors (Lipinski definition) is 2. The predicted molar refractivity (Wildman–Crippen MR) is 85.2 cm³/mol. The molecule has 2 rings (SSSR count). The summed E-state index contributed by atoms with van der Waals surface area (Å²) in [6, 6.07) is 13.4. The van der Waals surface area contributed by atoms with Crippen molar-refractivity contribution in [1.82, 2.24) is 0 Å². The van der Waals surface area contributed by atoms with E-state index < -0.39 is 0 Å². The topological polar surface area (TPSA) is 58.2 Å². The van der Waals surface area contributed by atoms with Gasteiger partial charge in [-0.3, -0.25) is 9.59 Å². The highest BCUT2D eigenvalue weighted by Crippen LogP contribution is 2.18. The molecule has 0 fully saturated rings. The highest BCUT2D eigenvalue weighted by atomic mass is 35.5. The molecular formula is C15H12Cl2N2O2. The number of rotatable bonds is 4. The number of benzene rings is 2. The molecule has 0 bridgehead atoms. The lowest BCUT2D eigenvalue weighted by molar-refractivity contribution is -0.113. The fourth-order valence-corrected chi connectivity index (χ4v) is 1.90. The zero-order chi connectivity index (χ0) is 15.2. The van der Waals surface area contributed by atoms with Crippen LogP contribution >= 0.6 is 23.2 Å². The summed E-state index contributed by atoms with van der Waals surface area (Å²) in [6.45, 7) is 0. The minimum atomic E-state index is -0.372. The highest BCUT2D eigenvalue weighted by Gasteiger charge is 2.12. The van der Waals surface area contributed by atoms with Gasteiger partial charge in [0.25, 0.3) is 5.91 Å². The third kappa shape index (κ3) is 4.21. The Bertz CT molecular complexity index is 657. The summed E-state index contributed by atoms with van der Waals surface area (Å²) in [6.07, 6.45) is 0. The van der Waals surface area contributed by atoms with Gasteiger partial charge in [0, 0.05) is 10.7 Å². The first kappa shape index (κ1) is 15.4. The van der Waals surface area contributed by atoms with Gasteiger partial charge in [-0.2, -0.15) is 0 Å². The molecule has 0 atom stereocenters. The Morgan fingerprint density at radius 1 is 0.952 bits per heavy atom. The van der Waals surface area contributed by atoms with Crippen LogP contribution < -0.4 is 10.6 Å². The van der Waals surface area contributed by atoms with Crippen molar-refractivity contribution < 1.29 is 9.59 Å². The molecular weight excluding hydrogens is 311 g/mol. The highest BCUT2D eigenvalue weighted by molar-refractivity contribution is 6.30. The van der Waals surface area contributed by atoms with Crippen LogP contribution in [-0.2, 0) is 4.79 Å². The lowest BCUT2D eigenvalue weighted by atomic mass is 10.1. The smallest absolute Gasteiger partial charge is 0.257 e. The van der Waals surface area contributed by atoms with Gasteiger partial charge in [-0.25, -0.2) is 0 Å². The molecule has 6 heteroatoms. The van der Waals surface area contributed by atoms with E-state index in [0.29, 0.717) is 22.0 Å². The van der Waals surface area contributed by atoms with Crippen LogP contribution in [0.15, 0.2) is 48.5 Å². The van der Waals surface area contributed by atoms with Gasteiger partial charge in [0.2, 0.25) is 5.91 Å². The van der Waals surface area contributed by atoms with Crippen molar-refractivity contribution in [3.05, 3.63) is 59.1 Å². The molecule has 0 aromatic heterocycles. The first-order valence-corrected chi connectivity index (χ1v) is 7.03. The Kier molecular flexibility index (Phi) is 5.20. The summed E-state index contributed by atoms with van der Waals surface area (Å²) in [4.78, 5) is 23.6. The number of nitrogens with one attached hydrogen (secondary N) is 2. The standard InChI is InChI=1S/C15H12Cl2N2O2/c16-9-14(20)19-13-4-2-1-3-12(13)15(21)18-11-7-5-10(17)6-8-11/h1-8H,9H2,(H,18,21)(H,19,20). The van der Waals surface area contributed by atoms with Crippen molar-refractivity contribution in [2.45, 2.75) is 0 Å². The molecule has 2 aromatic carbocycles. The van der Waals surface area contributed by atoms with Crippen LogP contribution in [0.2, 0.25) is 5.02 Å². The van der Waals surface area contributed by atoms with Gasteiger partial charge >= 0.3 is 0 Å². The second-order valence-electron chi connectivity index (χ2n) is 4.19. The van der Waals surface area contributed by atoms with E-state index in [1.807, 2.05) is 0 Å². The van der Waals surface area contributed by atoms with Gasteiger partial charge in [-0.15, -0.1) is 11.6 Å². The summed E-state index contributed by atoms with van der Waals surface area (Å²) in [5.74, 6) is -0.876. The molecule has 2 amide bonds. The van der Waals surface area contributed by atoms with E-state index in [1.165, 1.54) is 0 Å². The normalized spacial score (nSPS) is 10.0. The molecule has 4 nitrogen and oxygen atoms in total. The van der Waals surface area contributed by atoms with Crippen molar-refractivity contribution >= 4 is 46.4 Å². The summed E-state index contributed by atoms with van der Waals surface area (Å²) >= 11 is 11.2. The molecule has 0 heterocycles. The van der Waals surface area contributed by atoms with Gasteiger partial charge in [-0.1, -0.05) is 23.7 Å². The number of amides is 2. The molecule has 108 valence electrons. The van der Waals surface area contributed by atoms with Crippen molar-refractivity contribution in [3.63, 3.8) is 0 Å². The van der Waals surface area contributed by atoms with Crippen LogP contribution in [-0.4, -0.2) is 17.7 Å². The van der Waals surface area contributed by atoms with Crippen LogP contribution in [0.25, 0.3) is 0 Å². The SMILES string of the molecule is O=C(CCl)Nc1ccccc1C(=O)Nc1ccc(Cl)cc1. The number of carbonyl (C=O) groups excluding carboxylic acids is 2. The number of carbonyl (C=O) groups is 2. The quantitative estimate of drug-likeness (QED) is 0.842. The summed E-state index contributed by atoms with van der Waals surface area (Å²) in [5, 5.41) is 5.90. The molecule has 0 spiro atoms. The van der Waals surface area contributed by atoms with Crippen molar-refractivity contribution in [1.29, 1.82) is 0 Å². The molecule has 0 aliphatic carbocycles. The Morgan fingerprint density at radius 3 is 2.29 bits per heavy atom. The Labute approximate surface area is 132 Å². The molecule has 2 aromatic rings. The summed E-state index contributed by atoms with van der Waals surface area (Å²) < 4.78 is 0. The maximum Gasteiger partial charge on any atom is 0.257 e. The van der Waals surface area contributed by atoms with Gasteiger partial charge in [-0.05, 0) is 36.4 Å². The minimum absolute atomic E-state index is 0.173. The maximum atomic E-state index is 12.3. The van der Waals surface area contributed by atoms with E-state index in [1.54, 1.807) is 48.5 Å². The second-order valence-corrected chi connectivity index (χ2v) is 4.89. The predicted octanol–water partition coefficient (Wildman–Crippen LogP) is 3.77. The lowest BCUT2D eigenvalue weighted by Gasteiger charge is -2.10. The number of anilines is 2. The minimum Gasteiger partial charge on any atom is -0.324 e. The second kappa shape index (κ2) is 7.11. The Balaban J connectivity index is 2.18. The van der Waals surface area contributed by atoms with Gasteiger partial charge in [0.05, 0.1) is 11.3 Å². The zero-order valence-electron chi connectivity index (χ0n) is 10.9. The third-order valence-electron chi connectivity index (χ3n) is 2.67. The zero-order valence-corrected chi connectivity index (χ0v) is 12.4. The largest absolute Gasteiger partial charge is 0.324 e. The number of para-hydroxylation sites is 1. The van der Waals surface area contributed by atoms with Crippen LogP contribution in [0.5, 0.6) is 0 Å². The van der Waals surface area contributed by atoms with Gasteiger partial charge < -0.3 is 10.6 Å². The van der Waals surface area contributed by atoms with E-state index in [0.717, 1.165) is 0 Å². The number of alkyl halides is 1. The third-order valence-corrected chi connectivity index (χ3v) is 3.16. The first-order chi connectivity index (χ1) is 10.1. The van der Waals surface area contributed by atoms with Crippen LogP contribution in [0.3, 0.4) is 0 Å². The van der Waals surface area contributed by atoms with Crippen LogP contribution in [0.1, 0.15) is 10.4 Å². The number of hydrogen-bond donors (Lipinski definition) is 2. The van der Waals surface area contributed by atoms with Crippen molar-refractivity contribution in [3.8, 4) is 0 Å². The first-order valence-electron chi connectivity index (χ1n) is 6.12. The maximum absolute atomic E-state index is 12.3. The molecule has 0 aliphatic rings. The van der Waals surface area contributed by atoms with Gasteiger partial charge in [0.1, 0.15) is 5.88 Å². The van der Waals surface area contributed by atoms with Gasteiger partial charge in [0.15, 0.2) is 0 Å². The van der Waals surface area contributed by atoms with E-state index in [4.69, 9.17) is 23.2 Å². The fourth-order valence-electron chi connectivity index (χ4n) is 1.71. The van der Waals surface area contributed by atoms with Crippen LogP contribution in [0.4, 0.5) is 11.4 Å². The molecule has 0 aliphatic heterocycles. The summed E-state index contributed by atoms with van der Waals surface area (Å²) in [7, 11) is 0. The van der Waals surface area contributed by atoms with Crippen molar-refractivity contribution in [2.24, 2.45) is 0 Å². The van der Waals surface area contributed by atoms with Crippen molar-refractivity contribution in [2.75, 3.05) is 16.5 Å². The monoisotopic (exact) mass is 322 g/mol. The van der Waals surface area contributed by atoms with E-state index >= 15 is 0 Å². The molecule has 2 N–H and O–H groups in total. The lowest BCUT2D eigenvalue weighted by Crippen LogP contribution is -2.18. The summed E-state index contributed by atoms with van der Waals surface area (Å²) in [5.41, 5.74) is 1.38. The van der Waals surface area contributed by atoms with E-state index in [2.05, 4.69) is 10.6 Å². The molecule has 0 saturated heterocycles. The van der Waals surface area contributed by atoms with Crippen LogP contribution in [0, 0.1) is 0 Å². The fraction of sp³-hybridized carbons (Fsp3) is 0.0667. The average molecular weight is 323 g/mol. The molecule has 0 radical (unpaired) electrons. The van der Waals surface area contributed by atoms with E-state index in [-0.39, 0.29) is 17.7 Å². The Morgan fingerprint density at radius 2 is 1.62 bits per heavy atom. The van der Waals surface area contributed by atoms with E-state index in [9.17, 15) is 9.59 Å². The Hall–Kier alpha value is -2.04. The number of halogens is 2. The molecule has 21 heavy (non-hydrogen) atoms. The average Bonchev–Trinajstić information content (AvgIpc) is 2.50.